The van der Waals surface area contributed by atoms with Gasteiger partial charge in [0.25, 0.3) is 0 Å². The number of nitrogens with zero attached hydrogens (tertiary/aromatic N) is 1. The van der Waals surface area contributed by atoms with E-state index in [4.69, 9.17) is 27.9 Å². The molecule has 1 saturated heterocycles. The first-order valence-electron chi connectivity index (χ1n) is 10.1. The smallest absolute Gasteiger partial charge is 0.313 e. The summed E-state index contributed by atoms with van der Waals surface area (Å²) in [6.07, 6.45) is 0. The molecule has 0 saturated carbocycles. The molecule has 1 fully saturated rings. The molecule has 0 radical (unpaired) electrons. The molecule has 2 unspecified atom stereocenters. The lowest BCUT2D eigenvalue weighted by Gasteiger charge is -2.47. The third-order valence-electron chi connectivity index (χ3n) is 5.82. The minimum Gasteiger partial charge on any atom is -0.469 e. The van der Waals surface area contributed by atoms with Crippen LogP contribution in [0.5, 0.6) is 0 Å². The molecule has 4 rings (SSSR count). The van der Waals surface area contributed by atoms with Gasteiger partial charge < -0.3 is 4.74 Å². The Morgan fingerprint density at radius 1 is 0.906 bits per heavy atom. The van der Waals surface area contributed by atoms with Gasteiger partial charge in [-0.3, -0.25) is 9.69 Å². The molecule has 0 aliphatic carbocycles. The fraction of sp³-hybridized carbons (Fsp3) is 0.240. The number of hydrogen-bond acceptors (Lipinski definition) is 3. The molecule has 1 heterocycles. The molecule has 2 atom stereocenters. The summed E-state index contributed by atoms with van der Waals surface area (Å²) in [5, 5.41) is 1.26. The number of carbonyl (C=O) groups is 1. The Kier molecular flexibility index (Phi) is 6.79. The normalized spacial score (nSPS) is 16.3. The Bertz CT molecular complexity index is 1100. The van der Waals surface area contributed by atoms with Crippen molar-refractivity contribution < 1.29 is 18.3 Å². The van der Waals surface area contributed by atoms with Crippen molar-refractivity contribution >= 4 is 29.2 Å². The lowest BCUT2D eigenvalue weighted by atomic mass is 9.79. The molecular weight excluding hydrogens is 455 g/mol. The van der Waals surface area contributed by atoms with Crippen molar-refractivity contribution in [3.63, 3.8) is 0 Å². The third kappa shape index (κ3) is 4.80. The molecule has 0 amide bonds. The van der Waals surface area contributed by atoms with Crippen molar-refractivity contribution in [2.24, 2.45) is 5.92 Å². The van der Waals surface area contributed by atoms with Crippen LogP contribution in [0.3, 0.4) is 0 Å². The Hall–Kier alpha value is -2.47. The van der Waals surface area contributed by atoms with Crippen LogP contribution in [0, 0.1) is 17.6 Å². The molecule has 3 nitrogen and oxygen atoms in total. The summed E-state index contributed by atoms with van der Waals surface area (Å²) in [5.74, 6) is -2.86. The second-order valence-corrected chi connectivity index (χ2v) is 8.80. The van der Waals surface area contributed by atoms with E-state index >= 15 is 0 Å². The van der Waals surface area contributed by atoms with Crippen molar-refractivity contribution in [1.82, 2.24) is 4.90 Å². The zero-order valence-electron chi connectivity index (χ0n) is 17.3. The van der Waals surface area contributed by atoms with Gasteiger partial charge in [-0.05, 0) is 53.1 Å². The van der Waals surface area contributed by atoms with E-state index in [1.807, 2.05) is 48.5 Å². The first-order valence-corrected chi connectivity index (χ1v) is 10.9. The Morgan fingerprint density at radius 3 is 2.16 bits per heavy atom. The summed E-state index contributed by atoms with van der Waals surface area (Å²) < 4.78 is 32.6. The first-order chi connectivity index (χ1) is 15.4. The van der Waals surface area contributed by atoms with Crippen LogP contribution in [0.15, 0.2) is 66.7 Å². The van der Waals surface area contributed by atoms with Crippen molar-refractivity contribution in [2.45, 2.75) is 12.0 Å². The van der Waals surface area contributed by atoms with Gasteiger partial charge in [0.05, 0.1) is 19.1 Å². The molecular formula is C25H21Cl2F2NO2. The number of halogens is 4. The van der Waals surface area contributed by atoms with Crippen LogP contribution < -0.4 is 0 Å². The number of methoxy groups -OCH3 is 1. The van der Waals surface area contributed by atoms with E-state index in [9.17, 15) is 13.6 Å². The van der Waals surface area contributed by atoms with Crippen LogP contribution in [0.4, 0.5) is 8.78 Å². The first kappa shape index (κ1) is 22.7. The largest absolute Gasteiger partial charge is 0.469 e. The summed E-state index contributed by atoms with van der Waals surface area (Å²) in [6.45, 7) is 1.08. The molecule has 7 heteroatoms. The van der Waals surface area contributed by atoms with Crippen LogP contribution in [0.25, 0.3) is 0 Å². The molecule has 3 aromatic carbocycles. The second-order valence-electron chi connectivity index (χ2n) is 7.93. The fourth-order valence-electron chi connectivity index (χ4n) is 4.39. The van der Waals surface area contributed by atoms with Crippen molar-refractivity contribution in [2.75, 3.05) is 20.2 Å². The number of carbonyl (C=O) groups excluding carboxylic acids is 1. The van der Waals surface area contributed by atoms with Gasteiger partial charge in [-0.2, -0.15) is 0 Å². The summed E-state index contributed by atoms with van der Waals surface area (Å²) in [4.78, 5) is 14.7. The second kappa shape index (κ2) is 9.57. The molecule has 0 spiro atoms. The van der Waals surface area contributed by atoms with E-state index < -0.39 is 23.5 Å². The fourth-order valence-corrected chi connectivity index (χ4v) is 4.71. The highest BCUT2D eigenvalue weighted by molar-refractivity contribution is 6.30. The number of esters is 1. The zero-order valence-corrected chi connectivity index (χ0v) is 18.8. The number of rotatable bonds is 6. The summed E-state index contributed by atoms with van der Waals surface area (Å²) in [6, 6.07) is 18.3. The molecule has 166 valence electrons. The number of likely N-dealkylation sites (tertiary alicyclic amines) is 1. The summed E-state index contributed by atoms with van der Waals surface area (Å²) in [5.41, 5.74) is 2.32. The highest BCUT2D eigenvalue weighted by Gasteiger charge is 2.42. The Labute approximate surface area is 195 Å². The van der Waals surface area contributed by atoms with E-state index in [1.54, 1.807) is 0 Å². The van der Waals surface area contributed by atoms with Crippen molar-refractivity contribution in [3.8, 4) is 0 Å². The van der Waals surface area contributed by atoms with Crippen LogP contribution in [-0.4, -0.2) is 31.1 Å². The van der Waals surface area contributed by atoms with E-state index in [1.165, 1.54) is 19.2 Å². The van der Waals surface area contributed by atoms with Crippen molar-refractivity contribution in [3.05, 3.63) is 105 Å². The summed E-state index contributed by atoms with van der Waals surface area (Å²) in [7, 11) is 1.28. The maximum Gasteiger partial charge on any atom is 0.313 e. The zero-order chi connectivity index (χ0) is 22.8. The Morgan fingerprint density at radius 2 is 1.56 bits per heavy atom. The van der Waals surface area contributed by atoms with Gasteiger partial charge in [0.1, 0.15) is 11.6 Å². The molecule has 32 heavy (non-hydrogen) atoms. The maximum absolute atomic E-state index is 13.8. The Balaban J connectivity index is 1.63. The van der Waals surface area contributed by atoms with Gasteiger partial charge in [0, 0.05) is 35.1 Å². The van der Waals surface area contributed by atoms with Gasteiger partial charge >= 0.3 is 5.97 Å². The number of benzene rings is 3. The monoisotopic (exact) mass is 475 g/mol. The van der Waals surface area contributed by atoms with Gasteiger partial charge in [0.2, 0.25) is 0 Å². The molecule has 1 aliphatic rings. The SMILES string of the molecule is COC(=O)C(c1cc(F)cc(F)c1)C1CN(C(c2ccc(Cl)cc2)c2cccc(Cl)c2)C1. The molecule has 0 N–H and O–H groups in total. The average Bonchev–Trinajstić information content (AvgIpc) is 2.72. The number of ether oxygens (including phenoxy) is 1. The molecule has 0 aromatic heterocycles. The molecule has 1 aliphatic heterocycles. The van der Waals surface area contributed by atoms with Crippen LogP contribution in [0.1, 0.15) is 28.7 Å². The third-order valence-corrected chi connectivity index (χ3v) is 6.31. The summed E-state index contributed by atoms with van der Waals surface area (Å²) >= 11 is 12.3. The highest BCUT2D eigenvalue weighted by Crippen LogP contribution is 2.41. The lowest BCUT2D eigenvalue weighted by Crippen LogP contribution is -2.52. The van der Waals surface area contributed by atoms with E-state index in [0.29, 0.717) is 23.1 Å². The van der Waals surface area contributed by atoms with E-state index in [2.05, 4.69) is 4.90 Å². The van der Waals surface area contributed by atoms with Crippen molar-refractivity contribution in [1.29, 1.82) is 0 Å². The van der Waals surface area contributed by atoms with Gasteiger partial charge in [-0.1, -0.05) is 47.5 Å². The van der Waals surface area contributed by atoms with E-state index in [-0.39, 0.29) is 17.5 Å². The minimum absolute atomic E-state index is 0.107. The van der Waals surface area contributed by atoms with Gasteiger partial charge in [0.15, 0.2) is 0 Å². The predicted molar refractivity (Wildman–Crippen MR) is 121 cm³/mol. The molecule has 0 bridgehead atoms. The predicted octanol–water partition coefficient (Wildman–Crippen LogP) is 6.25. The highest BCUT2D eigenvalue weighted by atomic mass is 35.5. The van der Waals surface area contributed by atoms with E-state index in [0.717, 1.165) is 17.2 Å². The standard InChI is InChI=1S/C25H21Cl2F2NO2/c1-32-25(31)23(17-10-21(28)12-22(29)11-17)18-13-30(14-18)24(15-5-7-19(26)8-6-15)16-3-2-4-20(27)9-16/h2-12,18,23-24H,13-14H2,1H3. The van der Waals surface area contributed by atoms with Gasteiger partial charge in [-0.15, -0.1) is 0 Å². The quantitative estimate of drug-likeness (QED) is 0.394. The van der Waals surface area contributed by atoms with Crippen LogP contribution in [-0.2, 0) is 9.53 Å². The average molecular weight is 476 g/mol. The number of hydrogen-bond donors (Lipinski definition) is 0. The molecule has 3 aromatic rings. The topological polar surface area (TPSA) is 29.5 Å². The van der Waals surface area contributed by atoms with Crippen LogP contribution >= 0.6 is 23.2 Å². The van der Waals surface area contributed by atoms with Gasteiger partial charge in [-0.25, -0.2) is 8.78 Å². The maximum atomic E-state index is 13.8. The minimum atomic E-state index is -0.758. The lowest BCUT2D eigenvalue weighted by molar-refractivity contribution is -0.146. The van der Waals surface area contributed by atoms with Crippen LogP contribution in [0.2, 0.25) is 10.0 Å².